The second-order valence-electron chi connectivity index (χ2n) is 5.15. The van der Waals surface area contributed by atoms with Crippen molar-refractivity contribution in [3.8, 4) is 6.07 Å². The van der Waals surface area contributed by atoms with Crippen LogP contribution in [0.15, 0.2) is 12.1 Å². The van der Waals surface area contributed by atoms with Crippen LogP contribution in [0.25, 0.3) is 0 Å². The lowest BCUT2D eigenvalue weighted by Gasteiger charge is -2.29. The van der Waals surface area contributed by atoms with Gasteiger partial charge in [0.15, 0.2) is 11.6 Å². The van der Waals surface area contributed by atoms with Crippen LogP contribution in [0.3, 0.4) is 0 Å². The van der Waals surface area contributed by atoms with Gasteiger partial charge in [0.1, 0.15) is 5.69 Å². The fourth-order valence-electron chi connectivity index (χ4n) is 2.65. The standard InChI is InChI=1S/C14H17F2N3/c1-18(2)9-11-4-3-5-19(11)14-12(15)6-10(8-17)7-13(14)16/h6-7,11H,3-5,9H2,1-2H3. The maximum atomic E-state index is 14.0. The molecule has 0 spiro atoms. The summed E-state index contributed by atoms with van der Waals surface area (Å²) in [7, 11) is 3.89. The maximum absolute atomic E-state index is 14.0. The van der Waals surface area contributed by atoms with Crippen LogP contribution in [0.2, 0.25) is 0 Å². The Morgan fingerprint density at radius 3 is 2.53 bits per heavy atom. The Bertz CT molecular complexity index is 485. The molecule has 0 amide bonds. The summed E-state index contributed by atoms with van der Waals surface area (Å²) in [5.74, 6) is -1.30. The van der Waals surface area contributed by atoms with Crippen molar-refractivity contribution in [2.75, 3.05) is 32.1 Å². The van der Waals surface area contributed by atoms with Crippen molar-refractivity contribution >= 4 is 5.69 Å². The van der Waals surface area contributed by atoms with Gasteiger partial charge in [0, 0.05) is 19.1 Å². The molecule has 1 unspecified atom stereocenters. The van der Waals surface area contributed by atoms with Crippen molar-refractivity contribution in [2.45, 2.75) is 18.9 Å². The minimum Gasteiger partial charge on any atom is -0.363 e. The molecule has 19 heavy (non-hydrogen) atoms. The van der Waals surface area contributed by atoms with Crippen molar-refractivity contribution < 1.29 is 8.78 Å². The summed E-state index contributed by atoms with van der Waals surface area (Å²) in [4.78, 5) is 3.80. The van der Waals surface area contributed by atoms with Crippen LogP contribution in [0.4, 0.5) is 14.5 Å². The van der Waals surface area contributed by atoms with Gasteiger partial charge in [0.2, 0.25) is 0 Å². The zero-order valence-corrected chi connectivity index (χ0v) is 11.2. The molecule has 102 valence electrons. The van der Waals surface area contributed by atoms with Crippen molar-refractivity contribution in [3.63, 3.8) is 0 Å². The van der Waals surface area contributed by atoms with Gasteiger partial charge in [-0.25, -0.2) is 8.78 Å². The lowest BCUT2D eigenvalue weighted by Crippen LogP contribution is -2.38. The number of nitrogens with zero attached hydrogens (tertiary/aromatic N) is 3. The maximum Gasteiger partial charge on any atom is 0.150 e. The predicted octanol–water partition coefficient (Wildman–Crippen LogP) is 2.37. The van der Waals surface area contributed by atoms with Crippen LogP contribution < -0.4 is 4.90 Å². The summed E-state index contributed by atoms with van der Waals surface area (Å²) >= 11 is 0. The summed E-state index contributed by atoms with van der Waals surface area (Å²) in [5.41, 5.74) is 0.0189. The smallest absolute Gasteiger partial charge is 0.150 e. The predicted molar refractivity (Wildman–Crippen MR) is 70.0 cm³/mol. The molecular formula is C14H17F2N3. The zero-order chi connectivity index (χ0) is 14.0. The Labute approximate surface area is 112 Å². The fraction of sp³-hybridized carbons (Fsp3) is 0.500. The average Bonchev–Trinajstić information content (AvgIpc) is 2.75. The molecule has 0 aliphatic carbocycles. The van der Waals surface area contributed by atoms with E-state index >= 15 is 0 Å². The third kappa shape index (κ3) is 2.85. The van der Waals surface area contributed by atoms with E-state index in [1.165, 1.54) is 0 Å². The number of nitriles is 1. The van der Waals surface area contributed by atoms with Crippen molar-refractivity contribution in [1.82, 2.24) is 4.90 Å². The molecule has 1 aromatic rings. The van der Waals surface area contributed by atoms with E-state index in [0.29, 0.717) is 6.54 Å². The zero-order valence-electron chi connectivity index (χ0n) is 11.2. The van der Waals surface area contributed by atoms with Gasteiger partial charge in [0.05, 0.1) is 11.6 Å². The Hall–Kier alpha value is -1.67. The summed E-state index contributed by atoms with van der Waals surface area (Å²) in [6.45, 7) is 1.41. The van der Waals surface area contributed by atoms with E-state index in [2.05, 4.69) is 0 Å². The van der Waals surface area contributed by atoms with Gasteiger partial charge < -0.3 is 9.80 Å². The van der Waals surface area contributed by atoms with Crippen molar-refractivity contribution in [2.24, 2.45) is 0 Å². The fourth-order valence-corrected chi connectivity index (χ4v) is 2.65. The highest BCUT2D eigenvalue weighted by molar-refractivity contribution is 5.54. The van der Waals surface area contributed by atoms with E-state index in [4.69, 9.17) is 5.26 Å². The average molecular weight is 265 g/mol. The lowest BCUT2D eigenvalue weighted by molar-refractivity contribution is 0.370. The van der Waals surface area contributed by atoms with Crippen LogP contribution in [0.5, 0.6) is 0 Å². The lowest BCUT2D eigenvalue weighted by atomic mass is 10.1. The van der Waals surface area contributed by atoms with Gasteiger partial charge in [-0.05, 0) is 39.1 Å². The molecule has 1 saturated heterocycles. The van der Waals surface area contributed by atoms with Crippen LogP contribution in [-0.2, 0) is 0 Å². The van der Waals surface area contributed by atoms with Gasteiger partial charge in [0.25, 0.3) is 0 Å². The number of hydrogen-bond donors (Lipinski definition) is 0. The van der Waals surface area contributed by atoms with Crippen LogP contribution in [-0.4, -0.2) is 38.1 Å². The summed E-state index contributed by atoms with van der Waals surface area (Å²) in [6, 6.07) is 4.08. The molecule has 1 fully saturated rings. The first kappa shape index (κ1) is 13.8. The topological polar surface area (TPSA) is 30.3 Å². The Morgan fingerprint density at radius 1 is 1.37 bits per heavy atom. The van der Waals surface area contributed by atoms with Gasteiger partial charge >= 0.3 is 0 Å². The molecule has 0 N–H and O–H groups in total. The summed E-state index contributed by atoms with van der Waals surface area (Å²) in [5, 5.41) is 8.71. The van der Waals surface area contributed by atoms with Crippen LogP contribution in [0.1, 0.15) is 18.4 Å². The minimum absolute atomic E-state index is 0.00310. The quantitative estimate of drug-likeness (QED) is 0.840. The Morgan fingerprint density at radius 2 is 2.00 bits per heavy atom. The molecule has 1 heterocycles. The monoisotopic (exact) mass is 265 g/mol. The van der Waals surface area contributed by atoms with Crippen molar-refractivity contribution in [3.05, 3.63) is 29.3 Å². The molecule has 0 saturated carbocycles. The molecule has 0 bridgehead atoms. The molecule has 1 atom stereocenters. The molecule has 0 aromatic heterocycles. The van der Waals surface area contributed by atoms with Gasteiger partial charge in [-0.15, -0.1) is 0 Å². The SMILES string of the molecule is CN(C)CC1CCCN1c1c(F)cc(C#N)cc1F. The first-order chi connectivity index (χ1) is 9.02. The molecule has 1 aromatic carbocycles. The molecule has 1 aliphatic rings. The normalized spacial score (nSPS) is 18.9. The highest BCUT2D eigenvalue weighted by Crippen LogP contribution is 2.31. The summed E-state index contributed by atoms with van der Waals surface area (Å²) < 4.78 is 28.0. The number of anilines is 1. The third-order valence-corrected chi connectivity index (χ3v) is 3.39. The number of hydrogen-bond acceptors (Lipinski definition) is 3. The summed E-state index contributed by atoms with van der Waals surface area (Å²) in [6.07, 6.45) is 1.86. The van der Waals surface area contributed by atoms with E-state index in [1.807, 2.05) is 19.0 Å². The first-order valence-electron chi connectivity index (χ1n) is 6.33. The molecule has 5 heteroatoms. The number of halogens is 2. The largest absolute Gasteiger partial charge is 0.363 e. The van der Waals surface area contributed by atoms with E-state index in [-0.39, 0.29) is 17.3 Å². The highest BCUT2D eigenvalue weighted by Gasteiger charge is 2.29. The van der Waals surface area contributed by atoms with Crippen LogP contribution in [0, 0.1) is 23.0 Å². The number of benzene rings is 1. The molecule has 2 rings (SSSR count). The minimum atomic E-state index is -0.651. The Balaban J connectivity index is 2.33. The molecule has 0 radical (unpaired) electrons. The highest BCUT2D eigenvalue weighted by atomic mass is 19.1. The van der Waals surface area contributed by atoms with Crippen LogP contribution >= 0.6 is 0 Å². The Kier molecular flexibility index (Phi) is 4.01. The second-order valence-corrected chi connectivity index (χ2v) is 5.15. The van der Waals surface area contributed by atoms with Gasteiger partial charge in [-0.2, -0.15) is 5.26 Å². The van der Waals surface area contributed by atoms with E-state index < -0.39 is 11.6 Å². The molecule has 1 aliphatic heterocycles. The van der Waals surface area contributed by atoms with Gasteiger partial charge in [-0.1, -0.05) is 0 Å². The van der Waals surface area contributed by atoms with Gasteiger partial charge in [-0.3, -0.25) is 0 Å². The molecule has 3 nitrogen and oxygen atoms in total. The molecular weight excluding hydrogens is 248 g/mol. The van der Waals surface area contributed by atoms with E-state index in [0.717, 1.165) is 31.5 Å². The third-order valence-electron chi connectivity index (χ3n) is 3.39. The second kappa shape index (κ2) is 5.54. The van der Waals surface area contributed by atoms with E-state index in [1.54, 1.807) is 11.0 Å². The van der Waals surface area contributed by atoms with E-state index in [9.17, 15) is 8.78 Å². The first-order valence-corrected chi connectivity index (χ1v) is 6.33. The van der Waals surface area contributed by atoms with Crippen molar-refractivity contribution in [1.29, 1.82) is 5.26 Å². The number of rotatable bonds is 3. The number of likely N-dealkylation sites (N-methyl/N-ethyl adjacent to an activating group) is 1.